The number of benzene rings is 1. The maximum absolute atomic E-state index is 11.8. The lowest BCUT2D eigenvalue weighted by atomic mass is 9.98. The molecule has 4 nitrogen and oxygen atoms in total. The van der Waals surface area contributed by atoms with Crippen molar-refractivity contribution in [2.45, 2.75) is 32.8 Å². The highest BCUT2D eigenvalue weighted by molar-refractivity contribution is 6.00. The van der Waals surface area contributed by atoms with Gasteiger partial charge in [0, 0.05) is 24.3 Å². The van der Waals surface area contributed by atoms with E-state index in [-0.39, 0.29) is 11.4 Å². The van der Waals surface area contributed by atoms with Crippen molar-refractivity contribution in [3.8, 4) is 6.07 Å². The molecule has 1 saturated heterocycles. The molecule has 1 fully saturated rings. The van der Waals surface area contributed by atoms with E-state index < -0.39 is 0 Å². The molecule has 1 aliphatic rings. The van der Waals surface area contributed by atoms with Gasteiger partial charge in [0.1, 0.15) is 0 Å². The Bertz CT molecular complexity index is 562. The molecule has 0 N–H and O–H groups in total. The molecule has 1 unspecified atom stereocenters. The minimum Gasteiger partial charge on any atom is -0.372 e. The molecular weight excluding hydrogens is 252 g/mol. The van der Waals surface area contributed by atoms with Crippen molar-refractivity contribution in [1.29, 1.82) is 5.26 Å². The number of Topliss-reactive ketones (excluding diaryl/α,β-unsaturated/α-hetero) is 1. The highest BCUT2D eigenvalue weighted by atomic mass is 16.5. The lowest BCUT2D eigenvalue weighted by molar-refractivity contribution is -0.0441. The predicted molar refractivity (Wildman–Crippen MR) is 78.0 cm³/mol. The van der Waals surface area contributed by atoms with E-state index in [1.165, 1.54) is 0 Å². The maximum atomic E-state index is 11.8. The molecule has 0 saturated carbocycles. The molecule has 1 aliphatic heterocycles. The molecule has 0 bridgehead atoms. The van der Waals surface area contributed by atoms with Crippen molar-refractivity contribution in [2.24, 2.45) is 0 Å². The van der Waals surface area contributed by atoms with Crippen LogP contribution in [0.2, 0.25) is 0 Å². The van der Waals surface area contributed by atoms with E-state index >= 15 is 0 Å². The number of hydrogen-bond donors (Lipinski definition) is 0. The number of hydrogen-bond acceptors (Lipinski definition) is 4. The number of nitriles is 1. The normalized spacial score (nSPS) is 22.4. The van der Waals surface area contributed by atoms with Crippen molar-refractivity contribution in [3.63, 3.8) is 0 Å². The van der Waals surface area contributed by atoms with E-state index in [0.717, 1.165) is 25.2 Å². The molecule has 4 heteroatoms. The Morgan fingerprint density at radius 3 is 2.90 bits per heavy atom. The summed E-state index contributed by atoms with van der Waals surface area (Å²) in [5.41, 5.74) is 1.90. The van der Waals surface area contributed by atoms with Gasteiger partial charge >= 0.3 is 0 Å². The Kier molecular flexibility index (Phi) is 4.10. The molecule has 1 aromatic carbocycles. The summed E-state index contributed by atoms with van der Waals surface area (Å²) in [5, 5.41) is 9.06. The fraction of sp³-hybridized carbons (Fsp3) is 0.500. The summed E-state index contributed by atoms with van der Waals surface area (Å²) >= 11 is 0. The van der Waals surface area contributed by atoms with Gasteiger partial charge < -0.3 is 9.64 Å². The number of carbonyl (C=O) groups excluding carboxylic acids is 1. The van der Waals surface area contributed by atoms with Crippen LogP contribution in [0.4, 0.5) is 5.69 Å². The minimum absolute atomic E-state index is 0.0224. The van der Waals surface area contributed by atoms with Crippen LogP contribution in [0.1, 0.15) is 43.1 Å². The molecule has 1 heterocycles. The van der Waals surface area contributed by atoms with Gasteiger partial charge in [-0.1, -0.05) is 6.92 Å². The molecule has 0 spiro atoms. The second kappa shape index (κ2) is 5.64. The first-order valence-electron chi connectivity index (χ1n) is 6.93. The van der Waals surface area contributed by atoms with Crippen LogP contribution in [0.5, 0.6) is 0 Å². The second-order valence-corrected chi connectivity index (χ2v) is 5.47. The topological polar surface area (TPSA) is 53.3 Å². The van der Waals surface area contributed by atoms with Crippen LogP contribution in [-0.2, 0) is 4.74 Å². The SMILES string of the molecule is CCC1(C)CN(c2cc(C#N)ccc2C(C)=O)CCO1. The van der Waals surface area contributed by atoms with E-state index in [0.29, 0.717) is 17.7 Å². The van der Waals surface area contributed by atoms with Crippen LogP contribution in [0.15, 0.2) is 18.2 Å². The van der Waals surface area contributed by atoms with Crippen LogP contribution in [0, 0.1) is 11.3 Å². The monoisotopic (exact) mass is 272 g/mol. The van der Waals surface area contributed by atoms with E-state index in [2.05, 4.69) is 24.8 Å². The number of ketones is 1. The van der Waals surface area contributed by atoms with E-state index in [4.69, 9.17) is 10.00 Å². The summed E-state index contributed by atoms with van der Waals surface area (Å²) < 4.78 is 5.83. The molecule has 0 radical (unpaired) electrons. The average molecular weight is 272 g/mol. The van der Waals surface area contributed by atoms with E-state index in [1.807, 2.05) is 0 Å². The lowest BCUT2D eigenvalue weighted by Gasteiger charge is -2.41. The Labute approximate surface area is 120 Å². The number of ether oxygens (including phenoxy) is 1. The van der Waals surface area contributed by atoms with Gasteiger partial charge in [0.2, 0.25) is 0 Å². The molecule has 0 amide bonds. The Morgan fingerprint density at radius 1 is 1.55 bits per heavy atom. The molecule has 1 aromatic rings. The van der Waals surface area contributed by atoms with Crippen LogP contribution in [-0.4, -0.2) is 31.1 Å². The van der Waals surface area contributed by atoms with Gasteiger partial charge in [-0.15, -0.1) is 0 Å². The average Bonchev–Trinajstić information content (AvgIpc) is 2.46. The predicted octanol–water partition coefficient (Wildman–Crippen LogP) is 2.77. The Hall–Kier alpha value is -1.86. The van der Waals surface area contributed by atoms with Gasteiger partial charge in [0.05, 0.1) is 23.8 Å². The first-order valence-corrected chi connectivity index (χ1v) is 6.93. The number of nitrogens with zero attached hydrogens (tertiary/aromatic N) is 2. The molecule has 0 aromatic heterocycles. The van der Waals surface area contributed by atoms with E-state index in [1.54, 1.807) is 25.1 Å². The third kappa shape index (κ3) is 2.83. The minimum atomic E-state index is -0.199. The zero-order chi connectivity index (χ0) is 14.8. The number of morpholine rings is 1. The van der Waals surface area contributed by atoms with Crippen LogP contribution in [0.25, 0.3) is 0 Å². The van der Waals surface area contributed by atoms with Crippen LogP contribution >= 0.6 is 0 Å². The summed E-state index contributed by atoms with van der Waals surface area (Å²) in [5.74, 6) is 0.0224. The highest BCUT2D eigenvalue weighted by Crippen LogP contribution is 2.29. The molecule has 2 rings (SSSR count). The zero-order valence-corrected chi connectivity index (χ0v) is 12.3. The summed E-state index contributed by atoms with van der Waals surface area (Å²) in [7, 11) is 0. The second-order valence-electron chi connectivity index (χ2n) is 5.47. The van der Waals surface area contributed by atoms with Crippen molar-refractivity contribution in [3.05, 3.63) is 29.3 Å². The first kappa shape index (κ1) is 14.5. The molecular formula is C16H20N2O2. The van der Waals surface area contributed by atoms with Gasteiger partial charge in [-0.05, 0) is 38.5 Å². The van der Waals surface area contributed by atoms with Gasteiger partial charge in [0.15, 0.2) is 5.78 Å². The van der Waals surface area contributed by atoms with Crippen LogP contribution in [0.3, 0.4) is 0 Å². The molecule has 0 aliphatic carbocycles. The quantitative estimate of drug-likeness (QED) is 0.794. The summed E-state index contributed by atoms with van der Waals surface area (Å²) in [6.45, 7) is 7.86. The Morgan fingerprint density at radius 2 is 2.30 bits per heavy atom. The van der Waals surface area contributed by atoms with Crippen LogP contribution < -0.4 is 4.90 Å². The first-order chi connectivity index (χ1) is 9.49. The number of rotatable bonds is 3. The number of carbonyl (C=O) groups is 1. The third-order valence-corrected chi connectivity index (χ3v) is 3.93. The zero-order valence-electron chi connectivity index (χ0n) is 12.3. The summed E-state index contributed by atoms with van der Waals surface area (Å²) in [6, 6.07) is 7.38. The molecule has 106 valence electrons. The lowest BCUT2D eigenvalue weighted by Crippen LogP contribution is -2.50. The van der Waals surface area contributed by atoms with Gasteiger partial charge in [-0.2, -0.15) is 5.26 Å². The number of anilines is 1. The van der Waals surface area contributed by atoms with Gasteiger partial charge in [-0.25, -0.2) is 0 Å². The maximum Gasteiger partial charge on any atom is 0.161 e. The standard InChI is InChI=1S/C16H20N2O2/c1-4-16(3)11-18(7-8-20-16)15-9-13(10-17)5-6-14(15)12(2)19/h5-6,9H,4,7-8,11H2,1-3H3. The summed E-state index contributed by atoms with van der Waals surface area (Å²) in [4.78, 5) is 14.0. The highest BCUT2D eigenvalue weighted by Gasteiger charge is 2.31. The largest absolute Gasteiger partial charge is 0.372 e. The summed E-state index contributed by atoms with van der Waals surface area (Å²) in [6.07, 6.45) is 0.914. The Balaban J connectivity index is 2.40. The van der Waals surface area contributed by atoms with E-state index in [9.17, 15) is 4.79 Å². The van der Waals surface area contributed by atoms with Crippen molar-refractivity contribution >= 4 is 11.5 Å². The smallest absolute Gasteiger partial charge is 0.161 e. The van der Waals surface area contributed by atoms with Gasteiger partial charge in [0.25, 0.3) is 0 Å². The van der Waals surface area contributed by atoms with Crippen molar-refractivity contribution in [2.75, 3.05) is 24.6 Å². The molecule has 1 atom stereocenters. The fourth-order valence-electron chi connectivity index (χ4n) is 2.51. The third-order valence-electron chi connectivity index (χ3n) is 3.93. The van der Waals surface area contributed by atoms with Gasteiger partial charge in [-0.3, -0.25) is 4.79 Å². The molecule has 20 heavy (non-hydrogen) atoms. The van der Waals surface area contributed by atoms with Crippen molar-refractivity contribution < 1.29 is 9.53 Å². The fourth-order valence-corrected chi connectivity index (χ4v) is 2.51. The van der Waals surface area contributed by atoms with Crippen molar-refractivity contribution in [1.82, 2.24) is 0 Å².